The van der Waals surface area contributed by atoms with Crippen molar-refractivity contribution in [3.8, 4) is 33.4 Å². The van der Waals surface area contributed by atoms with Gasteiger partial charge in [-0.3, -0.25) is 0 Å². The van der Waals surface area contributed by atoms with Crippen molar-refractivity contribution in [2.45, 2.75) is 0 Å². The smallest absolute Gasteiger partial charge is 0.00199 e. The first kappa shape index (κ1) is 20.7. The molecule has 36 heavy (non-hydrogen) atoms. The van der Waals surface area contributed by atoms with Gasteiger partial charge in [0.2, 0.25) is 0 Å². The molecule has 0 heteroatoms. The Hall–Kier alpha value is -4.68. The number of fused-ring (bicyclic) bond motifs is 3. The summed E-state index contributed by atoms with van der Waals surface area (Å²) in [7, 11) is 0. The fourth-order valence-electron chi connectivity index (χ4n) is 5.64. The van der Waals surface area contributed by atoms with Crippen molar-refractivity contribution in [3.63, 3.8) is 0 Å². The molecule has 0 fully saturated rings. The van der Waals surface area contributed by atoms with Crippen LogP contribution in [-0.2, 0) is 0 Å². The van der Waals surface area contributed by atoms with Crippen LogP contribution in [0, 0.1) is 0 Å². The van der Waals surface area contributed by atoms with Gasteiger partial charge in [0.05, 0.1) is 0 Å². The molecule has 0 heterocycles. The zero-order valence-corrected chi connectivity index (χ0v) is 19.9. The Balaban J connectivity index is 1.69. The van der Waals surface area contributed by atoms with E-state index in [2.05, 4.69) is 146 Å². The maximum absolute atomic E-state index is 2.39. The third-order valence-corrected chi connectivity index (χ3v) is 7.25. The third-order valence-electron chi connectivity index (χ3n) is 7.25. The Morgan fingerprint density at radius 2 is 0.833 bits per heavy atom. The second kappa shape index (κ2) is 8.52. The van der Waals surface area contributed by atoms with Gasteiger partial charge in [-0.25, -0.2) is 0 Å². The summed E-state index contributed by atoms with van der Waals surface area (Å²) in [6.07, 6.45) is 0. The monoisotopic (exact) mass is 456 g/mol. The minimum absolute atomic E-state index is 1.23. The van der Waals surface area contributed by atoms with Crippen LogP contribution in [0.3, 0.4) is 0 Å². The molecule has 0 radical (unpaired) electrons. The maximum atomic E-state index is 2.39. The van der Waals surface area contributed by atoms with Gasteiger partial charge in [0.25, 0.3) is 0 Å². The van der Waals surface area contributed by atoms with Crippen LogP contribution in [0.5, 0.6) is 0 Å². The van der Waals surface area contributed by atoms with Gasteiger partial charge in [0, 0.05) is 0 Å². The van der Waals surface area contributed by atoms with Gasteiger partial charge >= 0.3 is 0 Å². The Labute approximate surface area is 211 Å². The summed E-state index contributed by atoms with van der Waals surface area (Å²) in [5.74, 6) is 0. The molecule has 0 nitrogen and oxygen atoms in total. The molecule has 0 aliphatic heterocycles. The molecule has 0 aliphatic rings. The fourth-order valence-corrected chi connectivity index (χ4v) is 5.64. The van der Waals surface area contributed by atoms with Crippen LogP contribution in [0.25, 0.3) is 65.7 Å². The van der Waals surface area contributed by atoms with Crippen LogP contribution < -0.4 is 0 Å². The van der Waals surface area contributed by atoms with Crippen molar-refractivity contribution in [3.05, 3.63) is 146 Å². The van der Waals surface area contributed by atoms with E-state index < -0.39 is 0 Å². The number of rotatable bonds is 3. The molecular weight excluding hydrogens is 432 g/mol. The van der Waals surface area contributed by atoms with E-state index in [-0.39, 0.29) is 0 Å². The van der Waals surface area contributed by atoms with Crippen LogP contribution in [-0.4, -0.2) is 0 Å². The topological polar surface area (TPSA) is 0 Å². The predicted octanol–water partition coefficient (Wildman–Crippen LogP) is 10.1. The average molecular weight is 457 g/mol. The molecule has 168 valence electrons. The molecule has 0 saturated carbocycles. The molecule has 0 saturated heterocycles. The van der Waals surface area contributed by atoms with Crippen LogP contribution in [0.2, 0.25) is 0 Å². The second-order valence-corrected chi connectivity index (χ2v) is 9.31. The predicted molar refractivity (Wildman–Crippen MR) is 155 cm³/mol. The Morgan fingerprint density at radius 3 is 1.58 bits per heavy atom. The van der Waals surface area contributed by atoms with Crippen LogP contribution in [0.4, 0.5) is 0 Å². The van der Waals surface area contributed by atoms with Gasteiger partial charge in [-0.15, -0.1) is 0 Å². The van der Waals surface area contributed by atoms with Gasteiger partial charge in [0.1, 0.15) is 0 Å². The maximum Gasteiger partial charge on any atom is -0.00199 e. The first-order valence-corrected chi connectivity index (χ1v) is 12.5. The molecule has 0 atom stereocenters. The lowest BCUT2D eigenvalue weighted by atomic mass is 9.84. The summed E-state index contributed by atoms with van der Waals surface area (Å²) < 4.78 is 0. The molecule has 7 rings (SSSR count). The highest BCUT2D eigenvalue weighted by Crippen LogP contribution is 2.46. The number of hydrogen-bond acceptors (Lipinski definition) is 0. The van der Waals surface area contributed by atoms with Crippen molar-refractivity contribution in [2.75, 3.05) is 0 Å². The van der Waals surface area contributed by atoms with Crippen molar-refractivity contribution in [2.24, 2.45) is 0 Å². The zero-order valence-electron chi connectivity index (χ0n) is 19.9. The Morgan fingerprint density at radius 1 is 0.278 bits per heavy atom. The van der Waals surface area contributed by atoms with Crippen LogP contribution >= 0.6 is 0 Å². The van der Waals surface area contributed by atoms with Gasteiger partial charge in [-0.05, 0) is 71.8 Å². The van der Waals surface area contributed by atoms with Crippen molar-refractivity contribution in [1.29, 1.82) is 0 Å². The molecule has 0 spiro atoms. The lowest BCUT2D eigenvalue weighted by Gasteiger charge is -2.19. The fraction of sp³-hybridized carbons (Fsp3) is 0. The molecule has 0 bridgehead atoms. The van der Waals surface area contributed by atoms with E-state index in [1.807, 2.05) is 0 Å². The van der Waals surface area contributed by atoms with Gasteiger partial charge in [0.15, 0.2) is 0 Å². The summed E-state index contributed by atoms with van der Waals surface area (Å²) in [5.41, 5.74) is 7.59. The molecular formula is C36H24. The van der Waals surface area contributed by atoms with E-state index in [9.17, 15) is 0 Å². The lowest BCUT2D eigenvalue weighted by molar-refractivity contribution is 1.63. The lowest BCUT2D eigenvalue weighted by Crippen LogP contribution is -1.92. The van der Waals surface area contributed by atoms with E-state index in [1.165, 1.54) is 65.7 Å². The Kier molecular flexibility index (Phi) is 4.89. The highest BCUT2D eigenvalue weighted by molar-refractivity contribution is 6.24. The van der Waals surface area contributed by atoms with Crippen molar-refractivity contribution >= 4 is 32.3 Å². The minimum Gasteiger partial charge on any atom is -0.0622 e. The van der Waals surface area contributed by atoms with Crippen molar-refractivity contribution in [1.82, 2.24) is 0 Å². The molecule has 0 N–H and O–H groups in total. The zero-order chi connectivity index (χ0) is 23.9. The van der Waals surface area contributed by atoms with Gasteiger partial charge in [-0.2, -0.15) is 0 Å². The molecule has 0 aromatic heterocycles. The first-order valence-electron chi connectivity index (χ1n) is 12.5. The van der Waals surface area contributed by atoms with Crippen LogP contribution in [0.1, 0.15) is 0 Å². The summed E-state index contributed by atoms with van der Waals surface area (Å²) in [4.78, 5) is 0. The summed E-state index contributed by atoms with van der Waals surface area (Å²) >= 11 is 0. The highest BCUT2D eigenvalue weighted by atomic mass is 14.2. The third kappa shape index (κ3) is 3.31. The van der Waals surface area contributed by atoms with Crippen molar-refractivity contribution < 1.29 is 0 Å². The molecule has 0 unspecified atom stereocenters. The number of benzene rings is 7. The van der Waals surface area contributed by atoms with E-state index in [0.717, 1.165) is 0 Å². The normalized spacial score (nSPS) is 11.3. The second-order valence-electron chi connectivity index (χ2n) is 9.31. The Bertz CT molecular complexity index is 1860. The molecule has 0 amide bonds. The average Bonchev–Trinajstić information content (AvgIpc) is 2.96. The molecule has 7 aromatic rings. The first-order chi connectivity index (χ1) is 17.9. The summed E-state index contributed by atoms with van der Waals surface area (Å²) in [5, 5.41) is 7.67. The van der Waals surface area contributed by atoms with Crippen LogP contribution in [0.15, 0.2) is 146 Å². The largest absolute Gasteiger partial charge is 0.0622 e. The van der Waals surface area contributed by atoms with E-state index in [0.29, 0.717) is 0 Å². The number of hydrogen-bond donors (Lipinski definition) is 0. The highest BCUT2D eigenvalue weighted by Gasteiger charge is 2.18. The molecule has 7 aromatic carbocycles. The van der Waals surface area contributed by atoms with Gasteiger partial charge < -0.3 is 0 Å². The summed E-state index contributed by atoms with van der Waals surface area (Å²) in [6, 6.07) is 52.7. The van der Waals surface area contributed by atoms with E-state index in [1.54, 1.807) is 0 Å². The van der Waals surface area contributed by atoms with E-state index >= 15 is 0 Å². The SMILES string of the molecule is c1ccc(-c2ccc3c(-c4ccccc4)c4ccccc4c(-c4cccc5ccccc45)c3c2)cc1. The summed E-state index contributed by atoms with van der Waals surface area (Å²) in [6.45, 7) is 0. The van der Waals surface area contributed by atoms with Gasteiger partial charge in [-0.1, -0.05) is 140 Å². The quantitative estimate of drug-likeness (QED) is 0.232. The minimum atomic E-state index is 1.23. The standard InChI is InChI=1S/C36H24/c1-3-12-25(13-4-1)28-22-23-33-34(24-28)36(30-21-11-17-26-14-7-8-18-29(26)30)32-20-10-9-19-31(32)35(33)27-15-5-2-6-16-27/h1-24H. The molecule has 0 aliphatic carbocycles. The van der Waals surface area contributed by atoms with E-state index in [4.69, 9.17) is 0 Å².